The van der Waals surface area contributed by atoms with Gasteiger partial charge in [0.05, 0.1) is 0 Å². The fraction of sp³-hybridized carbons (Fsp3) is 0.538. The zero-order chi connectivity index (χ0) is 16.7. The third-order valence-corrected chi connectivity index (χ3v) is 4.37. The Kier molecular flexibility index (Phi) is 4.29. The number of amides is 1. The number of nitrogens with zero attached hydrogens (tertiary/aromatic N) is 2. The summed E-state index contributed by atoms with van der Waals surface area (Å²) in [5, 5.41) is 9.00. The number of aromatic nitrogens is 1. The number of carbonyl (C=O) groups excluding carboxylic acids is 1. The van der Waals surface area contributed by atoms with Gasteiger partial charge in [0.25, 0.3) is 5.91 Å². The summed E-state index contributed by atoms with van der Waals surface area (Å²) >= 11 is 3.21. The molecule has 0 aliphatic carbocycles. The summed E-state index contributed by atoms with van der Waals surface area (Å²) in [7, 11) is 0. The number of hydrogen-bond donors (Lipinski definition) is 1. The second-order valence-electron chi connectivity index (χ2n) is 5.19. The molecule has 0 saturated carbocycles. The summed E-state index contributed by atoms with van der Waals surface area (Å²) < 4.78 is 41.6. The molecule has 9 heteroatoms. The molecule has 2 heterocycles. The predicted molar refractivity (Wildman–Crippen MR) is 74.5 cm³/mol. The van der Waals surface area contributed by atoms with Crippen LogP contribution in [0.15, 0.2) is 16.7 Å². The number of hydrogen-bond acceptors (Lipinski definition) is 2. The van der Waals surface area contributed by atoms with Crippen LogP contribution in [0.3, 0.4) is 0 Å². The highest BCUT2D eigenvalue weighted by Gasteiger charge is 2.64. The Bertz CT molecular complexity index is 614. The Morgan fingerprint density at radius 1 is 1.45 bits per heavy atom. The third-order valence-electron chi connectivity index (χ3n) is 3.93. The Morgan fingerprint density at radius 2 is 2.09 bits per heavy atom. The molecule has 0 spiro atoms. The van der Waals surface area contributed by atoms with Crippen LogP contribution in [0, 0.1) is 5.41 Å². The lowest BCUT2D eigenvalue weighted by molar-refractivity contribution is -0.227. The van der Waals surface area contributed by atoms with Crippen molar-refractivity contribution in [1.29, 1.82) is 0 Å². The topological polar surface area (TPSA) is 62.5 Å². The summed E-state index contributed by atoms with van der Waals surface area (Å²) in [6.45, 7) is 1.17. The molecule has 1 saturated heterocycles. The normalized spacial score (nSPS) is 22.1. The maximum absolute atomic E-state index is 13.1. The van der Waals surface area contributed by atoms with Gasteiger partial charge in [-0.1, -0.05) is 0 Å². The zero-order valence-corrected chi connectivity index (χ0v) is 13.2. The van der Waals surface area contributed by atoms with Gasteiger partial charge in [-0.3, -0.25) is 9.59 Å². The minimum absolute atomic E-state index is 0.234. The highest BCUT2D eigenvalue weighted by molar-refractivity contribution is 9.10. The molecule has 1 unspecified atom stereocenters. The van der Waals surface area contributed by atoms with Crippen LogP contribution in [0.4, 0.5) is 13.2 Å². The van der Waals surface area contributed by atoms with Crippen molar-refractivity contribution >= 4 is 27.8 Å². The Morgan fingerprint density at radius 3 is 2.55 bits per heavy atom. The first-order valence-corrected chi connectivity index (χ1v) is 7.37. The van der Waals surface area contributed by atoms with Crippen molar-refractivity contribution in [2.75, 3.05) is 13.1 Å². The summed E-state index contributed by atoms with van der Waals surface area (Å²) in [6.07, 6.45) is -3.88. The minimum atomic E-state index is -4.90. The molecule has 122 valence electrons. The molecule has 2 rings (SSSR count). The third kappa shape index (κ3) is 2.62. The van der Waals surface area contributed by atoms with Crippen molar-refractivity contribution < 1.29 is 27.9 Å². The van der Waals surface area contributed by atoms with E-state index in [1.54, 1.807) is 17.7 Å². The van der Waals surface area contributed by atoms with Crippen molar-refractivity contribution in [2.24, 2.45) is 5.41 Å². The maximum Gasteiger partial charge on any atom is 0.406 e. The average molecular weight is 383 g/mol. The fourth-order valence-corrected chi connectivity index (χ4v) is 3.05. The molecular formula is C13H14BrF3N2O3. The molecule has 5 nitrogen and oxygen atoms in total. The highest BCUT2D eigenvalue weighted by Crippen LogP contribution is 2.46. The predicted octanol–water partition coefficient (Wildman–Crippen LogP) is 2.75. The molecule has 0 bridgehead atoms. The van der Waals surface area contributed by atoms with Gasteiger partial charge < -0.3 is 14.6 Å². The first kappa shape index (κ1) is 16.9. The van der Waals surface area contributed by atoms with Gasteiger partial charge in [0.2, 0.25) is 0 Å². The molecule has 1 aromatic rings. The van der Waals surface area contributed by atoms with Crippen LogP contribution in [0.1, 0.15) is 23.8 Å². The summed E-state index contributed by atoms with van der Waals surface area (Å²) in [6, 6.07) is 1.51. The molecule has 22 heavy (non-hydrogen) atoms. The SMILES string of the molecule is CCn1cc(Br)cc1C(=O)N1CCC(C(=O)O)(C(F)(F)F)C1. The van der Waals surface area contributed by atoms with E-state index in [9.17, 15) is 22.8 Å². The van der Waals surface area contributed by atoms with Crippen molar-refractivity contribution in [3.63, 3.8) is 0 Å². The molecule has 1 aromatic heterocycles. The van der Waals surface area contributed by atoms with Gasteiger partial charge in [-0.15, -0.1) is 0 Å². The van der Waals surface area contributed by atoms with Gasteiger partial charge >= 0.3 is 12.1 Å². The summed E-state index contributed by atoms with van der Waals surface area (Å²) in [5.41, 5.74) is -2.65. The fourth-order valence-electron chi connectivity index (χ4n) is 2.59. The lowest BCUT2D eigenvalue weighted by atomic mass is 9.86. The minimum Gasteiger partial charge on any atom is -0.481 e. The van der Waals surface area contributed by atoms with Crippen LogP contribution >= 0.6 is 15.9 Å². The second-order valence-corrected chi connectivity index (χ2v) is 6.11. The van der Waals surface area contributed by atoms with Crippen molar-refractivity contribution in [3.8, 4) is 0 Å². The Labute approximate surface area is 132 Å². The largest absolute Gasteiger partial charge is 0.481 e. The van der Waals surface area contributed by atoms with Gasteiger partial charge in [-0.25, -0.2) is 0 Å². The zero-order valence-electron chi connectivity index (χ0n) is 11.7. The van der Waals surface area contributed by atoms with Crippen LogP contribution in [0.25, 0.3) is 0 Å². The summed E-state index contributed by atoms with van der Waals surface area (Å²) in [5.74, 6) is -2.54. The van der Waals surface area contributed by atoms with Gasteiger partial charge in [0.15, 0.2) is 5.41 Å². The van der Waals surface area contributed by atoms with E-state index in [0.29, 0.717) is 11.0 Å². The van der Waals surface area contributed by atoms with Gasteiger partial charge in [-0.2, -0.15) is 13.2 Å². The van der Waals surface area contributed by atoms with Crippen molar-refractivity contribution in [1.82, 2.24) is 9.47 Å². The smallest absolute Gasteiger partial charge is 0.406 e. The first-order chi connectivity index (χ1) is 10.1. The number of carboxylic acid groups (broad SMARTS) is 1. The maximum atomic E-state index is 13.1. The number of carbonyl (C=O) groups is 2. The van der Waals surface area contributed by atoms with Crippen molar-refractivity contribution in [2.45, 2.75) is 26.1 Å². The monoisotopic (exact) mass is 382 g/mol. The molecular weight excluding hydrogens is 369 g/mol. The van der Waals surface area contributed by atoms with Gasteiger partial charge in [0.1, 0.15) is 5.69 Å². The quantitative estimate of drug-likeness (QED) is 0.873. The number of aliphatic carboxylic acids is 1. The van der Waals surface area contributed by atoms with Crippen molar-refractivity contribution in [3.05, 3.63) is 22.4 Å². The van der Waals surface area contributed by atoms with E-state index in [4.69, 9.17) is 5.11 Å². The molecule has 0 radical (unpaired) electrons. The van der Waals surface area contributed by atoms with Crippen LogP contribution in [0.2, 0.25) is 0 Å². The van der Waals surface area contributed by atoms with Crippen LogP contribution < -0.4 is 0 Å². The van der Waals surface area contributed by atoms with E-state index >= 15 is 0 Å². The van der Waals surface area contributed by atoms with E-state index in [1.807, 2.05) is 0 Å². The first-order valence-electron chi connectivity index (χ1n) is 6.57. The molecule has 1 aliphatic heterocycles. The average Bonchev–Trinajstić information content (AvgIpc) is 3.01. The van der Waals surface area contributed by atoms with Crippen LogP contribution in [0.5, 0.6) is 0 Å². The Hall–Kier alpha value is -1.51. The number of likely N-dealkylation sites (tertiary alicyclic amines) is 1. The van der Waals surface area contributed by atoms with Gasteiger partial charge in [-0.05, 0) is 35.3 Å². The van der Waals surface area contributed by atoms with E-state index in [1.165, 1.54) is 6.07 Å². The standard InChI is InChI=1S/C13H14BrF3N2O3/c1-2-18-6-8(14)5-9(18)10(20)19-4-3-12(7-19,11(21)22)13(15,16)17/h5-6H,2-4,7H2,1H3,(H,21,22). The molecule has 1 amide bonds. The van der Waals surface area contributed by atoms with E-state index in [-0.39, 0.29) is 12.2 Å². The highest BCUT2D eigenvalue weighted by atomic mass is 79.9. The number of rotatable bonds is 3. The number of alkyl halides is 3. The van der Waals surface area contributed by atoms with E-state index < -0.39 is 36.4 Å². The molecule has 1 atom stereocenters. The van der Waals surface area contributed by atoms with Crippen LogP contribution in [-0.2, 0) is 11.3 Å². The van der Waals surface area contributed by atoms with Gasteiger partial charge in [0, 0.05) is 30.3 Å². The lowest BCUT2D eigenvalue weighted by Crippen LogP contribution is -2.47. The number of halogens is 4. The molecule has 0 aromatic carbocycles. The number of aryl methyl sites for hydroxylation is 1. The molecule has 1 fully saturated rings. The van der Waals surface area contributed by atoms with Crippen LogP contribution in [-0.4, -0.2) is 45.7 Å². The van der Waals surface area contributed by atoms with E-state index in [2.05, 4.69) is 15.9 Å². The molecule has 1 aliphatic rings. The molecule has 1 N–H and O–H groups in total. The Balaban J connectivity index is 2.29. The van der Waals surface area contributed by atoms with E-state index in [0.717, 1.165) is 4.90 Å². The summed E-state index contributed by atoms with van der Waals surface area (Å²) in [4.78, 5) is 24.5. The lowest BCUT2D eigenvalue weighted by Gasteiger charge is -2.27. The number of carboxylic acids is 1. The second kappa shape index (κ2) is 5.60.